The lowest BCUT2D eigenvalue weighted by atomic mass is 9.61. The second-order valence-corrected chi connectivity index (χ2v) is 12.3. The van der Waals surface area contributed by atoms with Crippen molar-refractivity contribution in [1.82, 2.24) is 15.3 Å². The van der Waals surface area contributed by atoms with E-state index in [4.69, 9.17) is 31.4 Å². The van der Waals surface area contributed by atoms with E-state index in [1.54, 1.807) is 30.6 Å². The minimum absolute atomic E-state index is 0.0327. The van der Waals surface area contributed by atoms with Gasteiger partial charge in [0.1, 0.15) is 17.9 Å². The van der Waals surface area contributed by atoms with E-state index < -0.39 is 0 Å². The van der Waals surface area contributed by atoms with Crippen LogP contribution in [0.25, 0.3) is 0 Å². The number of nitriles is 1. The second kappa shape index (κ2) is 12.1. The Kier molecular flexibility index (Phi) is 9.00. The number of ether oxygens (including phenoxy) is 2. The van der Waals surface area contributed by atoms with Gasteiger partial charge in [0, 0.05) is 48.4 Å². The maximum absolute atomic E-state index is 13.1. The Balaban J connectivity index is 1.35. The number of amides is 1. The predicted octanol–water partition coefficient (Wildman–Crippen LogP) is 4.37. The van der Waals surface area contributed by atoms with Gasteiger partial charge >= 0.3 is 0 Å². The van der Waals surface area contributed by atoms with Gasteiger partial charge in [-0.15, -0.1) is 0 Å². The number of anilines is 1. The van der Waals surface area contributed by atoms with Crippen LogP contribution in [0.5, 0.6) is 5.75 Å². The lowest BCUT2D eigenvalue weighted by Crippen LogP contribution is -2.56. The summed E-state index contributed by atoms with van der Waals surface area (Å²) in [5.74, 6) is 1.05. The smallest absolute Gasteiger partial charge is 0.254 e. The van der Waals surface area contributed by atoms with E-state index >= 15 is 0 Å². The first-order chi connectivity index (χ1) is 18.5. The molecule has 1 aliphatic heterocycles. The fraction of sp³-hybridized carbons (Fsp3) is 0.586. The van der Waals surface area contributed by atoms with Crippen LogP contribution in [-0.2, 0) is 4.74 Å². The topological polar surface area (TPSA) is 121 Å². The molecule has 2 N–H and O–H groups in total. The molecular weight excluding hydrogens is 518 g/mol. The van der Waals surface area contributed by atoms with Crippen LogP contribution in [0.4, 0.5) is 5.95 Å². The normalized spacial score (nSPS) is 22.6. The van der Waals surface area contributed by atoms with E-state index in [0.717, 1.165) is 38.8 Å². The van der Waals surface area contributed by atoms with Crippen LogP contribution in [0.1, 0.15) is 69.3 Å². The minimum atomic E-state index is -0.243. The SMILES string of the molecule is CC1(C)CC(NC(=O)c2cnc(N3CCC(OCCO)CC3)nc2)CC(C)(C)C1Oc1ccc(C#N)c(Cl)c1. The van der Waals surface area contributed by atoms with Gasteiger partial charge in [-0.3, -0.25) is 4.79 Å². The fourth-order valence-electron chi connectivity index (χ4n) is 6.14. The Labute approximate surface area is 235 Å². The number of piperidine rings is 1. The summed E-state index contributed by atoms with van der Waals surface area (Å²) in [4.78, 5) is 24.1. The molecule has 1 amide bonds. The van der Waals surface area contributed by atoms with Crippen LogP contribution >= 0.6 is 11.6 Å². The number of hydrogen-bond acceptors (Lipinski definition) is 8. The van der Waals surface area contributed by atoms with Crippen LogP contribution in [-0.4, -0.2) is 65.5 Å². The molecule has 1 aliphatic carbocycles. The molecule has 2 heterocycles. The summed E-state index contributed by atoms with van der Waals surface area (Å²) in [5.41, 5.74) is 0.362. The van der Waals surface area contributed by atoms with E-state index in [2.05, 4.69) is 53.9 Å². The number of aromatic nitrogens is 2. The van der Waals surface area contributed by atoms with Crippen molar-refractivity contribution in [3.63, 3.8) is 0 Å². The Morgan fingerprint density at radius 3 is 2.38 bits per heavy atom. The van der Waals surface area contributed by atoms with Crippen molar-refractivity contribution in [2.45, 2.75) is 71.6 Å². The molecular formula is C29H38ClN5O4. The van der Waals surface area contributed by atoms with E-state index in [1.807, 2.05) is 0 Å². The summed E-state index contributed by atoms with van der Waals surface area (Å²) < 4.78 is 12.1. The number of rotatable bonds is 8. The number of carbonyl (C=O) groups is 1. The molecule has 0 radical (unpaired) electrons. The molecule has 10 heteroatoms. The van der Waals surface area contributed by atoms with Gasteiger partial charge in [0.2, 0.25) is 5.95 Å². The molecule has 39 heavy (non-hydrogen) atoms. The number of aliphatic hydroxyl groups is 1. The monoisotopic (exact) mass is 555 g/mol. The largest absolute Gasteiger partial charge is 0.489 e. The van der Waals surface area contributed by atoms with E-state index in [0.29, 0.717) is 34.5 Å². The Bertz CT molecular complexity index is 1170. The zero-order valence-corrected chi connectivity index (χ0v) is 23.9. The summed E-state index contributed by atoms with van der Waals surface area (Å²) in [6.45, 7) is 10.5. The first kappa shape index (κ1) is 29.1. The van der Waals surface area contributed by atoms with Gasteiger partial charge in [0.15, 0.2) is 0 Å². The maximum atomic E-state index is 13.1. The highest BCUT2D eigenvalue weighted by atomic mass is 35.5. The zero-order chi connectivity index (χ0) is 28.2. The molecule has 0 spiro atoms. The molecule has 2 aliphatic rings. The second-order valence-electron chi connectivity index (χ2n) is 11.9. The van der Waals surface area contributed by atoms with Crippen LogP contribution in [0.2, 0.25) is 5.02 Å². The average molecular weight is 556 g/mol. The van der Waals surface area contributed by atoms with Crippen LogP contribution in [0.15, 0.2) is 30.6 Å². The Morgan fingerprint density at radius 1 is 1.18 bits per heavy atom. The van der Waals surface area contributed by atoms with Crippen molar-refractivity contribution < 1.29 is 19.4 Å². The number of halogens is 1. The molecule has 0 atom stereocenters. The summed E-state index contributed by atoms with van der Waals surface area (Å²) in [6, 6.07) is 7.18. The molecule has 0 unspecified atom stereocenters. The summed E-state index contributed by atoms with van der Waals surface area (Å²) in [5, 5.41) is 21.7. The number of benzene rings is 1. The molecule has 1 aromatic carbocycles. The molecule has 1 saturated carbocycles. The average Bonchev–Trinajstić information content (AvgIpc) is 2.89. The molecule has 9 nitrogen and oxygen atoms in total. The van der Waals surface area contributed by atoms with Crippen molar-refractivity contribution in [3.8, 4) is 11.8 Å². The Hall–Kier alpha value is -2.93. The van der Waals surface area contributed by atoms with Gasteiger partial charge in [0.05, 0.1) is 35.5 Å². The summed E-state index contributed by atoms with van der Waals surface area (Å²) in [7, 11) is 0. The highest BCUT2D eigenvalue weighted by molar-refractivity contribution is 6.31. The van der Waals surface area contributed by atoms with Crippen molar-refractivity contribution >= 4 is 23.5 Å². The minimum Gasteiger partial charge on any atom is -0.489 e. The standard InChI is InChI=1S/C29H38ClN5O4/c1-28(2)14-21(15-29(3,4)26(28)39-23-6-5-19(16-31)24(30)13-23)34-25(37)20-17-32-27(33-18-20)35-9-7-22(8-10-35)38-12-11-36/h5-6,13,17-18,21-22,26,36H,7-12,14-15H2,1-4H3,(H,34,37). The van der Waals surface area contributed by atoms with E-state index in [1.165, 1.54) is 0 Å². The van der Waals surface area contributed by atoms with Crippen molar-refractivity contribution in [2.24, 2.45) is 10.8 Å². The number of carbonyl (C=O) groups excluding carboxylic acids is 1. The molecule has 1 aromatic heterocycles. The summed E-state index contributed by atoms with van der Waals surface area (Å²) in [6.07, 6.45) is 6.38. The van der Waals surface area contributed by atoms with Crippen LogP contribution in [0.3, 0.4) is 0 Å². The fourth-order valence-corrected chi connectivity index (χ4v) is 6.36. The lowest BCUT2D eigenvalue weighted by Gasteiger charge is -2.51. The number of hydrogen-bond donors (Lipinski definition) is 2. The summed E-state index contributed by atoms with van der Waals surface area (Å²) >= 11 is 6.23. The van der Waals surface area contributed by atoms with E-state index in [9.17, 15) is 4.79 Å². The Morgan fingerprint density at radius 2 is 1.82 bits per heavy atom. The number of nitrogens with zero attached hydrogens (tertiary/aromatic N) is 4. The molecule has 2 fully saturated rings. The third-order valence-corrected chi connectivity index (χ3v) is 8.00. The first-order valence-corrected chi connectivity index (χ1v) is 13.9. The molecule has 210 valence electrons. The molecule has 4 rings (SSSR count). The van der Waals surface area contributed by atoms with Gasteiger partial charge < -0.3 is 24.8 Å². The molecule has 1 saturated heterocycles. The predicted molar refractivity (Wildman–Crippen MR) is 149 cm³/mol. The van der Waals surface area contributed by atoms with Crippen LogP contribution in [0, 0.1) is 22.2 Å². The molecule has 0 bridgehead atoms. The van der Waals surface area contributed by atoms with Crippen molar-refractivity contribution in [2.75, 3.05) is 31.2 Å². The van der Waals surface area contributed by atoms with Gasteiger partial charge in [0.25, 0.3) is 5.91 Å². The third kappa shape index (κ3) is 6.99. The number of aliphatic hydroxyl groups excluding tert-OH is 1. The van der Waals surface area contributed by atoms with Gasteiger partial charge in [-0.2, -0.15) is 5.26 Å². The van der Waals surface area contributed by atoms with Gasteiger partial charge in [-0.25, -0.2) is 9.97 Å². The third-order valence-electron chi connectivity index (χ3n) is 7.68. The number of nitrogens with one attached hydrogen (secondary N) is 1. The van der Waals surface area contributed by atoms with E-state index in [-0.39, 0.29) is 41.6 Å². The lowest BCUT2D eigenvalue weighted by molar-refractivity contribution is -0.0674. The van der Waals surface area contributed by atoms with Gasteiger partial charge in [-0.1, -0.05) is 39.3 Å². The zero-order valence-electron chi connectivity index (χ0n) is 23.1. The molecule has 2 aromatic rings. The van der Waals surface area contributed by atoms with Crippen LogP contribution < -0.4 is 15.0 Å². The first-order valence-electron chi connectivity index (χ1n) is 13.5. The maximum Gasteiger partial charge on any atom is 0.254 e. The van der Waals surface area contributed by atoms with Crippen molar-refractivity contribution in [3.05, 3.63) is 46.7 Å². The highest BCUT2D eigenvalue weighted by Gasteiger charge is 2.49. The highest BCUT2D eigenvalue weighted by Crippen LogP contribution is 2.48. The van der Waals surface area contributed by atoms with Gasteiger partial charge in [-0.05, 0) is 37.8 Å². The quantitative estimate of drug-likeness (QED) is 0.492. The van der Waals surface area contributed by atoms with Crippen molar-refractivity contribution in [1.29, 1.82) is 5.26 Å².